The lowest BCUT2D eigenvalue weighted by Crippen LogP contribution is -2.40. The molecule has 0 N–H and O–H groups in total. The number of benzene rings is 3. The van der Waals surface area contributed by atoms with Crippen LogP contribution < -0.4 is 19.6 Å². The Morgan fingerprint density at radius 2 is 1.73 bits per heavy atom. The number of hydrogen-bond donors (Lipinski definition) is 0. The van der Waals surface area contributed by atoms with E-state index in [1.54, 1.807) is 50.4 Å². The quantitative estimate of drug-likeness (QED) is 0.200. The van der Waals surface area contributed by atoms with Crippen molar-refractivity contribution in [3.63, 3.8) is 0 Å². The zero-order valence-corrected chi connectivity index (χ0v) is 24.8. The van der Waals surface area contributed by atoms with Crippen LogP contribution in [0, 0.1) is 0 Å². The molecule has 2 aromatic heterocycles. The highest BCUT2D eigenvalue weighted by atomic mass is 32.1. The van der Waals surface area contributed by atoms with Crippen LogP contribution in [0.2, 0.25) is 0 Å². The number of methoxy groups -OCH3 is 1. The van der Waals surface area contributed by atoms with E-state index in [1.165, 1.54) is 22.8 Å². The second kappa shape index (κ2) is 12.1. The third-order valence-corrected chi connectivity index (χ3v) is 8.16. The van der Waals surface area contributed by atoms with Gasteiger partial charge in [0.2, 0.25) is 0 Å². The predicted octanol–water partition coefficient (Wildman–Crippen LogP) is 6.22. The van der Waals surface area contributed by atoms with Crippen LogP contribution in [-0.4, -0.2) is 24.3 Å². The number of fused-ring (bicyclic) bond motifs is 1. The van der Waals surface area contributed by atoms with Gasteiger partial charge in [-0.1, -0.05) is 65.9 Å². The van der Waals surface area contributed by atoms with E-state index in [9.17, 15) is 22.8 Å². The SMILES string of the molecule is CCOC(=O)C1=C(c2ccccc2)N=c2s/c(=C\c3ccc(-c4cccc(C(F)(F)F)c4)o3)c(=O)n2[C@@H]1c1ccc(OC)cc1. The van der Waals surface area contributed by atoms with E-state index < -0.39 is 29.3 Å². The molecule has 1 atom stereocenters. The highest BCUT2D eigenvalue weighted by Gasteiger charge is 2.35. The molecular formula is C34H25F3N2O5S. The van der Waals surface area contributed by atoms with Crippen molar-refractivity contribution in [2.75, 3.05) is 13.7 Å². The molecule has 0 saturated heterocycles. The molecule has 6 rings (SSSR count). The van der Waals surface area contributed by atoms with Gasteiger partial charge in [-0.2, -0.15) is 13.2 Å². The van der Waals surface area contributed by atoms with Crippen molar-refractivity contribution in [1.82, 2.24) is 4.57 Å². The summed E-state index contributed by atoms with van der Waals surface area (Å²) in [6.45, 7) is 1.83. The van der Waals surface area contributed by atoms with Crippen LogP contribution in [-0.2, 0) is 15.7 Å². The molecule has 1 aliphatic heterocycles. The summed E-state index contributed by atoms with van der Waals surface area (Å²) >= 11 is 1.11. The van der Waals surface area contributed by atoms with Crippen molar-refractivity contribution in [3.05, 3.63) is 139 Å². The molecular weight excluding hydrogens is 605 g/mol. The molecule has 7 nitrogen and oxygen atoms in total. The van der Waals surface area contributed by atoms with Gasteiger partial charge in [0.1, 0.15) is 17.3 Å². The number of halogens is 3. The number of thiazole rings is 1. The fourth-order valence-corrected chi connectivity index (χ4v) is 6.09. The van der Waals surface area contributed by atoms with Gasteiger partial charge < -0.3 is 13.9 Å². The van der Waals surface area contributed by atoms with Crippen molar-refractivity contribution in [3.8, 4) is 17.1 Å². The van der Waals surface area contributed by atoms with Crippen LogP contribution in [0.4, 0.5) is 13.2 Å². The first-order valence-electron chi connectivity index (χ1n) is 13.9. The molecule has 0 unspecified atom stereocenters. The lowest BCUT2D eigenvalue weighted by molar-refractivity contribution is -0.139. The Kier molecular flexibility index (Phi) is 8.03. The Morgan fingerprint density at radius 3 is 2.42 bits per heavy atom. The van der Waals surface area contributed by atoms with Crippen molar-refractivity contribution < 1.29 is 31.9 Å². The van der Waals surface area contributed by atoms with E-state index in [2.05, 4.69) is 0 Å². The number of hydrogen-bond acceptors (Lipinski definition) is 7. The maximum atomic E-state index is 14.0. The predicted molar refractivity (Wildman–Crippen MR) is 163 cm³/mol. The monoisotopic (exact) mass is 630 g/mol. The van der Waals surface area contributed by atoms with Gasteiger partial charge in [-0.3, -0.25) is 9.36 Å². The van der Waals surface area contributed by atoms with Gasteiger partial charge in [0, 0.05) is 17.2 Å². The van der Waals surface area contributed by atoms with Crippen LogP contribution >= 0.6 is 11.3 Å². The highest BCUT2D eigenvalue weighted by Crippen LogP contribution is 2.36. The summed E-state index contributed by atoms with van der Waals surface area (Å²) in [5, 5.41) is 0. The van der Waals surface area contributed by atoms with Crippen molar-refractivity contribution in [1.29, 1.82) is 0 Å². The Bertz CT molecular complexity index is 2090. The highest BCUT2D eigenvalue weighted by molar-refractivity contribution is 7.07. The molecule has 0 fully saturated rings. The molecule has 0 spiro atoms. The average molecular weight is 631 g/mol. The van der Waals surface area contributed by atoms with Gasteiger partial charge >= 0.3 is 12.1 Å². The number of esters is 1. The van der Waals surface area contributed by atoms with E-state index in [4.69, 9.17) is 18.9 Å². The van der Waals surface area contributed by atoms with Crippen molar-refractivity contribution in [2.45, 2.75) is 19.1 Å². The normalized spacial score (nSPS) is 15.0. The van der Waals surface area contributed by atoms with Gasteiger partial charge in [-0.15, -0.1) is 0 Å². The molecule has 0 saturated carbocycles. The first-order chi connectivity index (χ1) is 21.7. The summed E-state index contributed by atoms with van der Waals surface area (Å²) in [6.07, 6.45) is -2.98. The summed E-state index contributed by atoms with van der Waals surface area (Å²) in [7, 11) is 1.54. The fraction of sp³-hybridized carbons (Fsp3) is 0.147. The Hall–Kier alpha value is -5.16. The van der Waals surface area contributed by atoms with E-state index in [-0.39, 0.29) is 33.8 Å². The van der Waals surface area contributed by atoms with Gasteiger partial charge in [0.15, 0.2) is 4.80 Å². The summed E-state index contributed by atoms with van der Waals surface area (Å²) in [6, 6.07) is 23.3. The third kappa shape index (κ3) is 5.86. The molecule has 11 heteroatoms. The number of alkyl halides is 3. The fourth-order valence-electron chi connectivity index (χ4n) is 5.11. The molecule has 0 aliphatic carbocycles. The van der Waals surface area contributed by atoms with Crippen LogP contribution in [0.3, 0.4) is 0 Å². The Balaban J connectivity index is 1.52. The standard InChI is InChI=1S/C34H25F3N2O5S/c1-3-43-32(41)28-29(20-8-5-4-6-9-20)38-33-39(30(28)21-12-14-24(42-2)15-13-21)31(40)27(45-33)19-25-16-17-26(44-25)22-10-7-11-23(18-22)34(35,36)37/h4-19,30H,3H2,1-2H3/b27-19-/t30-/m1/s1. The van der Waals surface area contributed by atoms with Gasteiger partial charge in [0.25, 0.3) is 5.56 Å². The minimum Gasteiger partial charge on any atom is -0.497 e. The van der Waals surface area contributed by atoms with Gasteiger partial charge in [0.05, 0.1) is 41.1 Å². The molecule has 3 aromatic carbocycles. The second-order valence-corrected chi connectivity index (χ2v) is 11.0. The van der Waals surface area contributed by atoms with Crippen molar-refractivity contribution >= 4 is 29.1 Å². The number of nitrogens with zero attached hydrogens (tertiary/aromatic N) is 2. The smallest absolute Gasteiger partial charge is 0.416 e. The second-order valence-electron chi connectivity index (χ2n) is 9.99. The molecule has 45 heavy (non-hydrogen) atoms. The molecule has 1 aliphatic rings. The van der Waals surface area contributed by atoms with Crippen LogP contribution in [0.15, 0.2) is 111 Å². The van der Waals surface area contributed by atoms with E-state index >= 15 is 0 Å². The minimum absolute atomic E-state index is 0.122. The topological polar surface area (TPSA) is 83.0 Å². The zero-order valence-electron chi connectivity index (χ0n) is 24.0. The number of ether oxygens (including phenoxy) is 2. The summed E-state index contributed by atoms with van der Waals surface area (Å²) < 4.78 is 58.1. The maximum Gasteiger partial charge on any atom is 0.416 e. The summed E-state index contributed by atoms with van der Waals surface area (Å²) in [5.41, 5.74) is 0.927. The Labute approximate surface area is 258 Å². The van der Waals surface area contributed by atoms with E-state index in [0.717, 1.165) is 23.5 Å². The van der Waals surface area contributed by atoms with Gasteiger partial charge in [-0.05, 0) is 48.9 Å². The molecule has 5 aromatic rings. The zero-order chi connectivity index (χ0) is 31.7. The van der Waals surface area contributed by atoms with Gasteiger partial charge in [-0.25, -0.2) is 9.79 Å². The first-order valence-corrected chi connectivity index (χ1v) is 14.7. The molecule has 228 valence electrons. The lowest BCUT2D eigenvalue weighted by atomic mass is 9.93. The molecule has 0 amide bonds. The van der Waals surface area contributed by atoms with Crippen LogP contribution in [0.1, 0.15) is 35.4 Å². The number of carbonyl (C=O) groups is 1. The summed E-state index contributed by atoms with van der Waals surface area (Å²) in [4.78, 5) is 32.8. The number of carbonyl (C=O) groups excluding carboxylic acids is 1. The minimum atomic E-state index is -4.50. The van der Waals surface area contributed by atoms with E-state index in [1.807, 2.05) is 30.3 Å². The molecule has 0 radical (unpaired) electrons. The van der Waals surface area contributed by atoms with Crippen molar-refractivity contribution in [2.24, 2.45) is 4.99 Å². The number of aromatic nitrogens is 1. The lowest BCUT2D eigenvalue weighted by Gasteiger charge is -2.26. The summed E-state index contributed by atoms with van der Waals surface area (Å²) in [5.74, 6) is 0.478. The number of furan rings is 1. The van der Waals surface area contributed by atoms with E-state index in [0.29, 0.717) is 27.4 Å². The van der Waals surface area contributed by atoms with Crippen LogP contribution in [0.25, 0.3) is 23.1 Å². The third-order valence-electron chi connectivity index (χ3n) is 7.18. The maximum absolute atomic E-state index is 14.0. The average Bonchev–Trinajstić information content (AvgIpc) is 3.64. The molecule has 3 heterocycles. The largest absolute Gasteiger partial charge is 0.497 e. The first kappa shape index (κ1) is 29.9. The number of rotatable bonds is 7. The molecule has 0 bridgehead atoms. The van der Waals surface area contributed by atoms with Crippen LogP contribution in [0.5, 0.6) is 5.75 Å². The Morgan fingerprint density at radius 1 is 1.00 bits per heavy atom.